The average molecular weight is 324 g/mol. The van der Waals surface area contributed by atoms with Crippen LogP contribution < -0.4 is 10.1 Å². The van der Waals surface area contributed by atoms with E-state index in [0.717, 1.165) is 11.3 Å². The molecule has 0 saturated carbocycles. The number of aryl methyl sites for hydroxylation is 1. The number of nitrogens with one attached hydrogen (secondary N) is 1. The van der Waals surface area contributed by atoms with Crippen molar-refractivity contribution in [3.05, 3.63) is 58.1 Å². The molecule has 0 aliphatic carbocycles. The molecule has 3 nitrogen and oxygen atoms in total. The van der Waals surface area contributed by atoms with E-state index in [0.29, 0.717) is 15.8 Å². The van der Waals surface area contributed by atoms with Crippen molar-refractivity contribution < 1.29 is 9.53 Å². The largest absolute Gasteiger partial charge is 0.481 e. The third kappa shape index (κ3) is 4.38. The third-order valence-electron chi connectivity index (χ3n) is 2.94. The summed E-state index contributed by atoms with van der Waals surface area (Å²) in [6, 6.07) is 12.2. The molecule has 1 amide bonds. The van der Waals surface area contributed by atoms with Crippen molar-refractivity contribution in [1.29, 1.82) is 0 Å². The van der Waals surface area contributed by atoms with E-state index in [-0.39, 0.29) is 5.91 Å². The molecular weight excluding hydrogens is 309 g/mol. The predicted octanol–water partition coefficient (Wildman–Crippen LogP) is 4.71. The second-order valence-corrected chi connectivity index (χ2v) is 5.54. The Morgan fingerprint density at radius 2 is 1.71 bits per heavy atom. The lowest BCUT2D eigenvalue weighted by atomic mass is 10.2. The van der Waals surface area contributed by atoms with Crippen LogP contribution in [-0.4, -0.2) is 12.0 Å². The van der Waals surface area contributed by atoms with Crippen LogP contribution in [0.4, 0.5) is 5.69 Å². The molecule has 0 unspecified atom stereocenters. The van der Waals surface area contributed by atoms with E-state index in [1.54, 1.807) is 49.4 Å². The molecule has 5 heteroatoms. The molecule has 1 atom stereocenters. The van der Waals surface area contributed by atoms with Crippen molar-refractivity contribution in [2.24, 2.45) is 0 Å². The van der Waals surface area contributed by atoms with Crippen LogP contribution in [0.2, 0.25) is 10.0 Å². The molecule has 0 heterocycles. The summed E-state index contributed by atoms with van der Waals surface area (Å²) in [7, 11) is 0. The molecule has 1 N–H and O–H groups in total. The van der Waals surface area contributed by atoms with E-state index in [1.165, 1.54) is 0 Å². The number of hydrogen-bond donors (Lipinski definition) is 1. The van der Waals surface area contributed by atoms with Crippen molar-refractivity contribution in [2.75, 3.05) is 5.32 Å². The maximum absolute atomic E-state index is 12.1. The van der Waals surface area contributed by atoms with Gasteiger partial charge in [-0.1, -0.05) is 23.2 Å². The van der Waals surface area contributed by atoms with E-state index < -0.39 is 6.10 Å². The van der Waals surface area contributed by atoms with Gasteiger partial charge in [-0.05, 0) is 61.9 Å². The van der Waals surface area contributed by atoms with Crippen molar-refractivity contribution in [1.82, 2.24) is 0 Å². The van der Waals surface area contributed by atoms with Crippen molar-refractivity contribution in [2.45, 2.75) is 20.0 Å². The van der Waals surface area contributed by atoms with Crippen molar-refractivity contribution in [3.63, 3.8) is 0 Å². The van der Waals surface area contributed by atoms with Crippen LogP contribution in [-0.2, 0) is 4.79 Å². The first-order valence-electron chi connectivity index (χ1n) is 6.45. The summed E-state index contributed by atoms with van der Waals surface area (Å²) in [4.78, 5) is 12.1. The lowest BCUT2D eigenvalue weighted by molar-refractivity contribution is -0.122. The molecule has 0 fully saturated rings. The smallest absolute Gasteiger partial charge is 0.265 e. The molecule has 0 saturated heterocycles. The Hall–Kier alpha value is -1.71. The molecule has 2 rings (SSSR count). The van der Waals surface area contributed by atoms with Gasteiger partial charge >= 0.3 is 0 Å². The highest BCUT2D eigenvalue weighted by atomic mass is 35.5. The second-order valence-electron chi connectivity index (χ2n) is 4.66. The Balaban J connectivity index is 2.00. The first-order chi connectivity index (χ1) is 9.95. The number of anilines is 1. The molecule has 0 aliphatic heterocycles. The molecule has 0 radical (unpaired) electrons. The number of rotatable bonds is 4. The van der Waals surface area contributed by atoms with E-state index in [2.05, 4.69) is 5.32 Å². The van der Waals surface area contributed by atoms with Crippen molar-refractivity contribution >= 4 is 34.8 Å². The topological polar surface area (TPSA) is 38.3 Å². The van der Waals surface area contributed by atoms with Crippen molar-refractivity contribution in [3.8, 4) is 5.75 Å². The zero-order valence-electron chi connectivity index (χ0n) is 11.7. The zero-order valence-corrected chi connectivity index (χ0v) is 13.2. The summed E-state index contributed by atoms with van der Waals surface area (Å²) >= 11 is 11.7. The summed E-state index contributed by atoms with van der Waals surface area (Å²) in [6.45, 7) is 3.57. The van der Waals surface area contributed by atoms with Crippen LogP contribution >= 0.6 is 23.2 Å². The number of carbonyl (C=O) groups is 1. The summed E-state index contributed by atoms with van der Waals surface area (Å²) < 4.78 is 5.57. The van der Waals surface area contributed by atoms with Gasteiger partial charge in [0.05, 0.1) is 0 Å². The molecular formula is C16H15Cl2NO2. The van der Waals surface area contributed by atoms with E-state index in [4.69, 9.17) is 27.9 Å². The van der Waals surface area contributed by atoms with Gasteiger partial charge in [0.2, 0.25) is 0 Å². The van der Waals surface area contributed by atoms with Gasteiger partial charge in [0.25, 0.3) is 5.91 Å². The number of amides is 1. The summed E-state index contributed by atoms with van der Waals surface area (Å²) in [6.07, 6.45) is -0.624. The Labute approximate surface area is 133 Å². The average Bonchev–Trinajstić information content (AvgIpc) is 2.44. The monoisotopic (exact) mass is 323 g/mol. The zero-order chi connectivity index (χ0) is 15.4. The highest BCUT2D eigenvalue weighted by Crippen LogP contribution is 2.21. The van der Waals surface area contributed by atoms with Crippen LogP contribution in [0.25, 0.3) is 0 Å². The maximum atomic E-state index is 12.1. The maximum Gasteiger partial charge on any atom is 0.265 e. The predicted molar refractivity (Wildman–Crippen MR) is 86.4 cm³/mol. The first-order valence-corrected chi connectivity index (χ1v) is 7.20. The number of hydrogen-bond acceptors (Lipinski definition) is 2. The van der Waals surface area contributed by atoms with E-state index >= 15 is 0 Å². The lowest BCUT2D eigenvalue weighted by Gasteiger charge is -2.16. The number of benzene rings is 2. The van der Waals surface area contributed by atoms with Gasteiger partial charge < -0.3 is 10.1 Å². The van der Waals surface area contributed by atoms with Gasteiger partial charge in [-0.15, -0.1) is 0 Å². The molecule has 0 aromatic heterocycles. The first kappa shape index (κ1) is 15.7. The molecule has 0 bridgehead atoms. The third-order valence-corrected chi connectivity index (χ3v) is 3.43. The lowest BCUT2D eigenvalue weighted by Crippen LogP contribution is -2.30. The Morgan fingerprint density at radius 3 is 2.33 bits per heavy atom. The quantitative estimate of drug-likeness (QED) is 0.885. The molecule has 21 heavy (non-hydrogen) atoms. The van der Waals surface area contributed by atoms with Gasteiger partial charge in [-0.2, -0.15) is 0 Å². The number of carbonyl (C=O) groups excluding carboxylic acids is 1. The minimum Gasteiger partial charge on any atom is -0.481 e. The summed E-state index contributed by atoms with van der Waals surface area (Å²) in [5.41, 5.74) is 1.62. The summed E-state index contributed by atoms with van der Waals surface area (Å²) in [5.74, 6) is 0.366. The molecule has 110 valence electrons. The molecule has 0 aliphatic rings. The minimum absolute atomic E-state index is 0.227. The Kier molecular flexibility index (Phi) is 5.10. The van der Waals surface area contributed by atoms with E-state index in [1.807, 2.05) is 6.92 Å². The fourth-order valence-electron chi connectivity index (χ4n) is 1.77. The van der Waals surface area contributed by atoms with Gasteiger partial charge in [0.15, 0.2) is 6.10 Å². The molecule has 2 aromatic carbocycles. The van der Waals surface area contributed by atoms with Crippen LogP contribution in [0.5, 0.6) is 5.75 Å². The number of halogens is 2. The normalized spacial score (nSPS) is 11.8. The fourth-order valence-corrected chi connectivity index (χ4v) is 2.13. The Bertz CT molecular complexity index is 641. The van der Waals surface area contributed by atoms with Crippen LogP contribution in [0.1, 0.15) is 12.5 Å². The van der Waals surface area contributed by atoms with E-state index in [9.17, 15) is 4.79 Å². The van der Waals surface area contributed by atoms with Gasteiger partial charge in [-0.25, -0.2) is 0 Å². The summed E-state index contributed by atoms with van der Waals surface area (Å²) in [5, 5.41) is 4.08. The van der Waals surface area contributed by atoms with Gasteiger partial charge in [0.1, 0.15) is 5.75 Å². The standard InChI is InChI=1S/C16H15Cl2NO2/c1-10-9-13(18)5-8-15(10)19-16(20)11(2)21-14-6-3-12(17)4-7-14/h3-9,11H,1-2H3,(H,19,20)/t11-/m1/s1. The highest BCUT2D eigenvalue weighted by Gasteiger charge is 2.15. The molecule has 0 spiro atoms. The second kappa shape index (κ2) is 6.83. The molecule has 2 aromatic rings. The fraction of sp³-hybridized carbons (Fsp3) is 0.188. The highest BCUT2D eigenvalue weighted by molar-refractivity contribution is 6.31. The minimum atomic E-state index is -0.624. The number of ether oxygens (including phenoxy) is 1. The van der Waals surface area contributed by atoms with Crippen LogP contribution in [0.3, 0.4) is 0 Å². The van der Waals surface area contributed by atoms with Gasteiger partial charge in [0, 0.05) is 15.7 Å². The SMILES string of the molecule is Cc1cc(Cl)ccc1NC(=O)[C@@H](C)Oc1ccc(Cl)cc1. The van der Waals surface area contributed by atoms with Crippen LogP contribution in [0.15, 0.2) is 42.5 Å². The Morgan fingerprint density at radius 1 is 1.10 bits per heavy atom. The van der Waals surface area contributed by atoms with Gasteiger partial charge in [-0.3, -0.25) is 4.79 Å². The van der Waals surface area contributed by atoms with Crippen LogP contribution in [0, 0.1) is 6.92 Å².